The molecule has 24 heavy (non-hydrogen) atoms. The van der Waals surface area contributed by atoms with E-state index < -0.39 is 0 Å². The smallest absolute Gasteiger partial charge is 0.274 e. The fourth-order valence-electron chi connectivity index (χ4n) is 3.70. The number of aromatic nitrogens is 2. The van der Waals surface area contributed by atoms with E-state index in [1.54, 1.807) is 14.2 Å². The highest BCUT2D eigenvalue weighted by Crippen LogP contribution is 2.34. The number of benzene rings is 1. The van der Waals surface area contributed by atoms with Crippen molar-refractivity contribution in [1.82, 2.24) is 15.1 Å². The number of hydrogen-bond acceptors (Lipinski definition) is 4. The minimum absolute atomic E-state index is 0.0230. The average molecular weight is 327 g/mol. The third-order valence-corrected chi connectivity index (χ3v) is 5.01. The van der Waals surface area contributed by atoms with Gasteiger partial charge in [0.15, 0.2) is 17.2 Å². The summed E-state index contributed by atoms with van der Waals surface area (Å²) in [5.74, 6) is 1.46. The molecule has 1 amide bonds. The Bertz CT molecular complexity index is 797. The van der Waals surface area contributed by atoms with Crippen LogP contribution in [0.4, 0.5) is 0 Å². The summed E-state index contributed by atoms with van der Waals surface area (Å²) in [7, 11) is 3.27. The summed E-state index contributed by atoms with van der Waals surface area (Å²) >= 11 is 0. The molecule has 126 valence electrons. The number of ether oxygens (including phenoxy) is 2. The molecule has 0 radical (unpaired) electrons. The predicted octanol–water partition coefficient (Wildman–Crippen LogP) is 2.11. The van der Waals surface area contributed by atoms with E-state index in [0.29, 0.717) is 24.5 Å². The number of carbonyl (C=O) groups is 1. The summed E-state index contributed by atoms with van der Waals surface area (Å²) in [5, 5.41) is 7.29. The zero-order valence-electron chi connectivity index (χ0n) is 14.0. The molecule has 0 saturated carbocycles. The van der Waals surface area contributed by atoms with Gasteiger partial charge in [-0.15, -0.1) is 0 Å². The molecule has 2 aromatic rings. The number of nitrogens with zero attached hydrogens (tertiary/aromatic N) is 2. The first kappa shape index (κ1) is 15.1. The van der Waals surface area contributed by atoms with Gasteiger partial charge in [0.1, 0.15) is 0 Å². The molecule has 2 heterocycles. The lowest BCUT2D eigenvalue weighted by atomic mass is 9.98. The van der Waals surface area contributed by atoms with Crippen LogP contribution in [0.2, 0.25) is 0 Å². The van der Waals surface area contributed by atoms with Gasteiger partial charge in [-0.25, -0.2) is 0 Å². The Hall–Kier alpha value is -2.50. The highest BCUT2D eigenvalue weighted by Gasteiger charge is 2.29. The Morgan fingerprint density at radius 3 is 2.62 bits per heavy atom. The summed E-state index contributed by atoms with van der Waals surface area (Å²) in [5.41, 5.74) is 5.16. The fourth-order valence-corrected chi connectivity index (χ4v) is 3.70. The maximum Gasteiger partial charge on any atom is 0.274 e. The normalized spacial score (nSPS) is 15.8. The first-order valence-corrected chi connectivity index (χ1v) is 8.30. The molecule has 6 heteroatoms. The lowest BCUT2D eigenvalue weighted by Crippen LogP contribution is -2.36. The van der Waals surface area contributed by atoms with Crippen LogP contribution in [-0.2, 0) is 25.8 Å². The molecule has 0 bridgehead atoms. The quantitative estimate of drug-likeness (QED) is 0.937. The van der Waals surface area contributed by atoms with Gasteiger partial charge in [0.2, 0.25) is 0 Å². The number of H-pyrrole nitrogens is 1. The molecule has 4 rings (SSSR count). The van der Waals surface area contributed by atoms with Crippen molar-refractivity contribution in [2.45, 2.75) is 32.2 Å². The number of hydrogen-bond donors (Lipinski definition) is 1. The zero-order valence-corrected chi connectivity index (χ0v) is 14.0. The SMILES string of the molecule is COc1cc2c(cc1OC)CN(C(=O)c1n[nH]c3c1CCC3)CC2. The van der Waals surface area contributed by atoms with Gasteiger partial charge in [-0.1, -0.05) is 0 Å². The van der Waals surface area contributed by atoms with Gasteiger partial charge < -0.3 is 14.4 Å². The molecule has 2 aliphatic rings. The summed E-state index contributed by atoms with van der Waals surface area (Å²) < 4.78 is 10.8. The highest BCUT2D eigenvalue weighted by molar-refractivity contribution is 5.94. The molecule has 1 aliphatic carbocycles. The van der Waals surface area contributed by atoms with Gasteiger partial charge >= 0.3 is 0 Å². The monoisotopic (exact) mass is 327 g/mol. The molecule has 1 aliphatic heterocycles. The number of rotatable bonds is 3. The third kappa shape index (κ3) is 2.33. The van der Waals surface area contributed by atoms with Crippen molar-refractivity contribution in [3.05, 3.63) is 40.2 Å². The van der Waals surface area contributed by atoms with E-state index in [9.17, 15) is 4.79 Å². The Labute approximate surface area is 140 Å². The number of nitrogens with one attached hydrogen (secondary N) is 1. The second-order valence-corrected chi connectivity index (χ2v) is 6.34. The molecule has 0 fully saturated rings. The minimum Gasteiger partial charge on any atom is -0.493 e. The first-order chi connectivity index (χ1) is 11.7. The molecule has 0 unspecified atom stereocenters. The van der Waals surface area contributed by atoms with Gasteiger partial charge in [-0.3, -0.25) is 9.89 Å². The Balaban J connectivity index is 1.60. The zero-order chi connectivity index (χ0) is 16.7. The maximum absolute atomic E-state index is 12.9. The standard InChI is InChI=1S/C18H21N3O3/c1-23-15-8-11-6-7-21(10-12(11)9-16(15)24-2)18(22)17-13-4-3-5-14(13)19-20-17/h8-9H,3-7,10H2,1-2H3,(H,19,20). The predicted molar refractivity (Wildman–Crippen MR) is 88.6 cm³/mol. The van der Waals surface area contributed by atoms with Crippen molar-refractivity contribution in [3.8, 4) is 11.5 Å². The van der Waals surface area contributed by atoms with E-state index in [1.807, 2.05) is 17.0 Å². The van der Waals surface area contributed by atoms with Crippen LogP contribution < -0.4 is 9.47 Å². The van der Waals surface area contributed by atoms with Crippen LogP contribution in [0.1, 0.15) is 39.3 Å². The molecule has 0 atom stereocenters. The molecule has 1 aromatic heterocycles. The Kier molecular flexibility index (Phi) is 3.67. The van der Waals surface area contributed by atoms with E-state index in [1.165, 1.54) is 5.56 Å². The second-order valence-electron chi connectivity index (χ2n) is 6.34. The highest BCUT2D eigenvalue weighted by atomic mass is 16.5. The van der Waals surface area contributed by atoms with Crippen LogP contribution in [0.15, 0.2) is 12.1 Å². The summed E-state index contributed by atoms with van der Waals surface area (Å²) in [6.07, 6.45) is 3.86. The van der Waals surface area contributed by atoms with Crippen molar-refractivity contribution in [2.24, 2.45) is 0 Å². The number of methoxy groups -OCH3 is 2. The second kappa shape index (κ2) is 5.85. The first-order valence-electron chi connectivity index (χ1n) is 8.30. The van der Waals surface area contributed by atoms with Crippen LogP contribution in [0, 0.1) is 0 Å². The molecule has 1 aromatic carbocycles. The van der Waals surface area contributed by atoms with Crippen molar-refractivity contribution < 1.29 is 14.3 Å². The van der Waals surface area contributed by atoms with Crippen molar-refractivity contribution in [2.75, 3.05) is 20.8 Å². The van der Waals surface area contributed by atoms with Crippen LogP contribution >= 0.6 is 0 Å². The summed E-state index contributed by atoms with van der Waals surface area (Å²) in [4.78, 5) is 14.8. The van der Waals surface area contributed by atoms with Gasteiger partial charge in [0, 0.05) is 24.3 Å². The van der Waals surface area contributed by atoms with Gasteiger partial charge in [0.25, 0.3) is 5.91 Å². The topological polar surface area (TPSA) is 67.5 Å². The fraction of sp³-hybridized carbons (Fsp3) is 0.444. The number of fused-ring (bicyclic) bond motifs is 2. The number of amides is 1. The van der Waals surface area contributed by atoms with Crippen molar-refractivity contribution in [3.63, 3.8) is 0 Å². The van der Waals surface area contributed by atoms with Crippen LogP contribution in [0.25, 0.3) is 0 Å². The lowest BCUT2D eigenvalue weighted by Gasteiger charge is -2.29. The molecular formula is C18H21N3O3. The van der Waals surface area contributed by atoms with Gasteiger partial charge in [-0.05, 0) is 48.9 Å². The largest absolute Gasteiger partial charge is 0.493 e. The Morgan fingerprint density at radius 1 is 1.12 bits per heavy atom. The number of carbonyl (C=O) groups excluding carboxylic acids is 1. The lowest BCUT2D eigenvalue weighted by molar-refractivity contribution is 0.0727. The van der Waals surface area contributed by atoms with Crippen LogP contribution in [0.5, 0.6) is 11.5 Å². The van der Waals surface area contributed by atoms with E-state index in [0.717, 1.165) is 48.3 Å². The maximum atomic E-state index is 12.9. The van der Waals surface area contributed by atoms with Crippen LogP contribution in [0.3, 0.4) is 0 Å². The molecule has 6 nitrogen and oxygen atoms in total. The van der Waals surface area contributed by atoms with Crippen LogP contribution in [-0.4, -0.2) is 41.8 Å². The molecule has 0 saturated heterocycles. The average Bonchev–Trinajstić information content (AvgIpc) is 3.22. The summed E-state index contributed by atoms with van der Waals surface area (Å²) in [6.45, 7) is 1.28. The van der Waals surface area contributed by atoms with E-state index in [-0.39, 0.29) is 5.91 Å². The van der Waals surface area contributed by atoms with E-state index in [2.05, 4.69) is 10.2 Å². The van der Waals surface area contributed by atoms with Crippen molar-refractivity contribution >= 4 is 5.91 Å². The van der Waals surface area contributed by atoms with Gasteiger partial charge in [-0.2, -0.15) is 5.10 Å². The molecule has 1 N–H and O–H groups in total. The van der Waals surface area contributed by atoms with Gasteiger partial charge in [0.05, 0.1) is 14.2 Å². The molecular weight excluding hydrogens is 306 g/mol. The van der Waals surface area contributed by atoms with E-state index >= 15 is 0 Å². The van der Waals surface area contributed by atoms with E-state index in [4.69, 9.17) is 9.47 Å². The number of aryl methyl sites for hydroxylation is 1. The number of aromatic amines is 1. The van der Waals surface area contributed by atoms with Crippen molar-refractivity contribution in [1.29, 1.82) is 0 Å². The molecule has 0 spiro atoms. The Morgan fingerprint density at radius 2 is 1.88 bits per heavy atom. The summed E-state index contributed by atoms with van der Waals surface area (Å²) in [6, 6.07) is 3.99. The third-order valence-electron chi connectivity index (χ3n) is 5.01. The minimum atomic E-state index is 0.0230.